The van der Waals surface area contributed by atoms with E-state index in [1.165, 1.54) is 0 Å². The fraction of sp³-hybridized carbons (Fsp3) is 0.333. The maximum absolute atomic E-state index is 11.9. The molecular weight excluding hydrogens is 270 g/mol. The lowest BCUT2D eigenvalue weighted by atomic mass is 10.1. The third-order valence-electron chi connectivity index (χ3n) is 2.64. The SMILES string of the molecule is CS(=O)(=O)CCCON1C(=O)c2ccccc2C1=O. The van der Waals surface area contributed by atoms with Crippen molar-refractivity contribution in [3.63, 3.8) is 0 Å². The Morgan fingerprint density at radius 1 is 1.11 bits per heavy atom. The highest BCUT2D eigenvalue weighted by Gasteiger charge is 2.36. The molecule has 0 atom stereocenters. The van der Waals surface area contributed by atoms with Crippen molar-refractivity contribution in [1.82, 2.24) is 5.06 Å². The molecule has 1 aromatic rings. The largest absolute Gasteiger partial charge is 0.285 e. The van der Waals surface area contributed by atoms with Crippen molar-refractivity contribution >= 4 is 21.7 Å². The van der Waals surface area contributed by atoms with Crippen LogP contribution in [-0.4, -0.2) is 43.9 Å². The Morgan fingerprint density at radius 2 is 1.63 bits per heavy atom. The smallest absolute Gasteiger partial charge is 0.266 e. The predicted octanol–water partition coefficient (Wildman–Crippen LogP) is 0.649. The third-order valence-corrected chi connectivity index (χ3v) is 3.67. The summed E-state index contributed by atoms with van der Waals surface area (Å²) in [5.74, 6) is -1.07. The van der Waals surface area contributed by atoms with Gasteiger partial charge in [0, 0.05) is 6.26 Å². The molecule has 0 saturated heterocycles. The van der Waals surface area contributed by atoms with Gasteiger partial charge in [-0.05, 0) is 18.6 Å². The van der Waals surface area contributed by atoms with Crippen molar-refractivity contribution in [1.29, 1.82) is 0 Å². The monoisotopic (exact) mass is 283 g/mol. The summed E-state index contributed by atoms with van der Waals surface area (Å²) in [6.07, 6.45) is 1.35. The van der Waals surface area contributed by atoms with E-state index in [1.54, 1.807) is 24.3 Å². The molecule has 0 saturated carbocycles. The minimum Gasteiger partial charge on any atom is -0.266 e. The van der Waals surface area contributed by atoms with E-state index in [9.17, 15) is 18.0 Å². The topological polar surface area (TPSA) is 80.8 Å². The van der Waals surface area contributed by atoms with Gasteiger partial charge in [-0.15, -0.1) is 5.06 Å². The summed E-state index contributed by atoms with van der Waals surface area (Å²) in [5, 5.41) is 0.687. The molecule has 6 nitrogen and oxygen atoms in total. The number of hydroxylamine groups is 2. The van der Waals surface area contributed by atoms with Crippen LogP contribution < -0.4 is 0 Å². The molecule has 0 unspecified atom stereocenters. The molecule has 1 heterocycles. The highest BCUT2D eigenvalue weighted by Crippen LogP contribution is 2.22. The Hall–Kier alpha value is -1.73. The maximum Gasteiger partial charge on any atom is 0.285 e. The van der Waals surface area contributed by atoms with Crippen molar-refractivity contribution < 1.29 is 22.8 Å². The molecule has 0 aromatic heterocycles. The van der Waals surface area contributed by atoms with Crippen LogP contribution in [0.15, 0.2) is 24.3 Å². The minimum atomic E-state index is -3.07. The van der Waals surface area contributed by atoms with E-state index < -0.39 is 21.7 Å². The second-order valence-electron chi connectivity index (χ2n) is 4.27. The summed E-state index contributed by atoms with van der Waals surface area (Å²) in [4.78, 5) is 28.8. The van der Waals surface area contributed by atoms with E-state index in [0.717, 1.165) is 6.26 Å². The molecule has 7 heteroatoms. The normalized spacial score (nSPS) is 14.9. The highest BCUT2D eigenvalue weighted by molar-refractivity contribution is 7.90. The molecule has 102 valence electrons. The number of rotatable bonds is 5. The zero-order valence-electron chi connectivity index (χ0n) is 10.3. The number of fused-ring (bicyclic) bond motifs is 1. The molecule has 1 aliphatic heterocycles. The standard InChI is InChI=1S/C12H13NO5S/c1-19(16,17)8-4-7-18-13-11(14)9-5-2-3-6-10(9)12(13)15/h2-3,5-6H,4,7-8H2,1H3. The van der Waals surface area contributed by atoms with Gasteiger partial charge in [-0.1, -0.05) is 12.1 Å². The molecule has 2 rings (SSSR count). The van der Waals surface area contributed by atoms with Crippen molar-refractivity contribution in [3.05, 3.63) is 35.4 Å². The Bertz CT molecular complexity index is 588. The van der Waals surface area contributed by atoms with Gasteiger partial charge in [-0.2, -0.15) is 0 Å². The van der Waals surface area contributed by atoms with Crippen LogP contribution in [0.1, 0.15) is 27.1 Å². The number of imide groups is 1. The number of amides is 2. The van der Waals surface area contributed by atoms with Gasteiger partial charge in [-0.25, -0.2) is 8.42 Å². The van der Waals surface area contributed by atoms with E-state index in [-0.39, 0.29) is 18.8 Å². The van der Waals surface area contributed by atoms with Crippen LogP contribution in [0.4, 0.5) is 0 Å². The first-order valence-electron chi connectivity index (χ1n) is 5.68. The molecule has 0 aliphatic carbocycles. The van der Waals surface area contributed by atoms with Gasteiger partial charge in [0.15, 0.2) is 0 Å². The van der Waals surface area contributed by atoms with Crippen LogP contribution in [0.5, 0.6) is 0 Å². The van der Waals surface area contributed by atoms with Gasteiger partial charge in [0.2, 0.25) is 0 Å². The third kappa shape index (κ3) is 2.99. The molecule has 1 aromatic carbocycles. The van der Waals surface area contributed by atoms with E-state index in [0.29, 0.717) is 16.2 Å². The van der Waals surface area contributed by atoms with Gasteiger partial charge < -0.3 is 0 Å². The lowest BCUT2D eigenvalue weighted by molar-refractivity contribution is -0.0908. The first-order chi connectivity index (χ1) is 8.90. The molecule has 0 N–H and O–H groups in total. The van der Waals surface area contributed by atoms with Crippen LogP contribution in [-0.2, 0) is 14.7 Å². The van der Waals surface area contributed by atoms with E-state index in [4.69, 9.17) is 4.84 Å². The summed E-state index contributed by atoms with van der Waals surface area (Å²) in [6, 6.07) is 6.43. The maximum atomic E-state index is 11.9. The zero-order valence-corrected chi connectivity index (χ0v) is 11.1. The Balaban J connectivity index is 1.97. The van der Waals surface area contributed by atoms with Crippen LogP contribution in [0, 0.1) is 0 Å². The second-order valence-corrected chi connectivity index (χ2v) is 6.53. The van der Waals surface area contributed by atoms with Gasteiger partial charge >= 0.3 is 0 Å². The quantitative estimate of drug-likeness (QED) is 0.585. The van der Waals surface area contributed by atoms with Crippen LogP contribution in [0.3, 0.4) is 0 Å². The molecule has 19 heavy (non-hydrogen) atoms. The molecule has 2 amide bonds. The van der Waals surface area contributed by atoms with Crippen molar-refractivity contribution in [2.24, 2.45) is 0 Å². The summed E-state index contributed by atoms with van der Waals surface area (Å²) in [6.45, 7) is -0.00145. The molecule has 0 fully saturated rings. The summed E-state index contributed by atoms with van der Waals surface area (Å²) < 4.78 is 21.9. The molecule has 0 radical (unpaired) electrons. The van der Waals surface area contributed by atoms with E-state index in [2.05, 4.69) is 0 Å². The summed E-state index contributed by atoms with van der Waals surface area (Å²) in [7, 11) is -3.07. The van der Waals surface area contributed by atoms with Crippen LogP contribution in [0.25, 0.3) is 0 Å². The number of carbonyl (C=O) groups excluding carboxylic acids is 2. The van der Waals surface area contributed by atoms with Gasteiger partial charge in [-0.3, -0.25) is 14.4 Å². The van der Waals surface area contributed by atoms with Gasteiger partial charge in [0.05, 0.1) is 23.5 Å². The number of benzene rings is 1. The lowest BCUT2D eigenvalue weighted by Crippen LogP contribution is -2.30. The first kappa shape index (κ1) is 13.7. The van der Waals surface area contributed by atoms with Crippen LogP contribution in [0.2, 0.25) is 0 Å². The van der Waals surface area contributed by atoms with Gasteiger partial charge in [0.25, 0.3) is 11.8 Å². The number of hydrogen-bond acceptors (Lipinski definition) is 5. The predicted molar refractivity (Wildman–Crippen MR) is 67.2 cm³/mol. The highest BCUT2D eigenvalue weighted by atomic mass is 32.2. The summed E-state index contributed by atoms with van der Waals surface area (Å²) in [5.41, 5.74) is 0.603. The Morgan fingerprint density at radius 3 is 2.11 bits per heavy atom. The lowest BCUT2D eigenvalue weighted by Gasteiger charge is -2.12. The average molecular weight is 283 g/mol. The number of nitrogens with zero attached hydrogens (tertiary/aromatic N) is 1. The fourth-order valence-electron chi connectivity index (χ4n) is 1.76. The average Bonchev–Trinajstić information content (AvgIpc) is 2.58. The number of carbonyl (C=O) groups is 2. The Labute approximate surface area is 110 Å². The number of sulfone groups is 1. The molecule has 1 aliphatic rings. The van der Waals surface area contributed by atoms with Crippen LogP contribution >= 0.6 is 0 Å². The Kier molecular flexibility index (Phi) is 3.68. The number of hydrogen-bond donors (Lipinski definition) is 0. The minimum absolute atomic E-state index is 0.00145. The summed E-state index contributed by atoms with van der Waals surface area (Å²) >= 11 is 0. The fourth-order valence-corrected chi connectivity index (χ4v) is 2.40. The second kappa shape index (κ2) is 5.10. The van der Waals surface area contributed by atoms with E-state index >= 15 is 0 Å². The zero-order chi connectivity index (χ0) is 14.0. The van der Waals surface area contributed by atoms with Crippen molar-refractivity contribution in [2.75, 3.05) is 18.6 Å². The van der Waals surface area contributed by atoms with Gasteiger partial charge in [0.1, 0.15) is 9.84 Å². The van der Waals surface area contributed by atoms with E-state index in [1.807, 2.05) is 0 Å². The van der Waals surface area contributed by atoms with Crippen molar-refractivity contribution in [3.8, 4) is 0 Å². The molecule has 0 spiro atoms. The molecular formula is C12H13NO5S. The molecule has 0 bridgehead atoms. The van der Waals surface area contributed by atoms with Crippen molar-refractivity contribution in [2.45, 2.75) is 6.42 Å². The first-order valence-corrected chi connectivity index (χ1v) is 7.74.